The van der Waals surface area contributed by atoms with Crippen LogP contribution in [0, 0.1) is 11.8 Å². The number of ketones is 1. The predicted octanol–water partition coefficient (Wildman–Crippen LogP) is 2.97. The van der Waals surface area contributed by atoms with Gasteiger partial charge >= 0.3 is 0 Å². The molecule has 2 atom stereocenters. The number of likely N-dealkylation sites (tertiary alicyclic amines) is 2. The number of hydrogen-bond acceptors (Lipinski definition) is 6. The van der Waals surface area contributed by atoms with E-state index >= 15 is 0 Å². The van der Waals surface area contributed by atoms with Crippen LogP contribution in [-0.4, -0.2) is 73.8 Å². The minimum absolute atomic E-state index is 0.0888. The third-order valence-corrected chi connectivity index (χ3v) is 7.05. The van der Waals surface area contributed by atoms with Crippen LogP contribution in [0.25, 0.3) is 0 Å². The zero-order valence-electron chi connectivity index (χ0n) is 21.4. The van der Waals surface area contributed by atoms with Gasteiger partial charge in [-0.25, -0.2) is 0 Å². The number of hydrogen-bond donors (Lipinski definition) is 0. The van der Waals surface area contributed by atoms with E-state index in [1.165, 1.54) is 12.0 Å². The molecule has 2 heterocycles. The Morgan fingerprint density at radius 3 is 2.60 bits per heavy atom. The summed E-state index contributed by atoms with van der Waals surface area (Å²) < 4.78 is 10.6. The van der Waals surface area contributed by atoms with Crippen molar-refractivity contribution in [3.63, 3.8) is 0 Å². The molecule has 0 aromatic heterocycles. The molecule has 0 bridgehead atoms. The Morgan fingerprint density at radius 2 is 1.91 bits per heavy atom. The Morgan fingerprint density at radius 1 is 1.17 bits per heavy atom. The van der Waals surface area contributed by atoms with Crippen LogP contribution in [0.2, 0.25) is 0 Å². The second-order valence-corrected chi connectivity index (χ2v) is 10.1. The van der Waals surface area contributed by atoms with Crippen LogP contribution < -0.4 is 4.74 Å². The molecule has 0 aliphatic carbocycles. The summed E-state index contributed by atoms with van der Waals surface area (Å²) in [4.78, 5) is 56.1. The van der Waals surface area contributed by atoms with E-state index in [4.69, 9.17) is 9.47 Å². The predicted molar refractivity (Wildman–Crippen MR) is 131 cm³/mol. The summed E-state index contributed by atoms with van der Waals surface area (Å²) in [5, 5.41) is 0. The van der Waals surface area contributed by atoms with Crippen molar-refractivity contribution in [2.75, 3.05) is 40.5 Å². The summed E-state index contributed by atoms with van der Waals surface area (Å²) in [6.07, 6.45) is 2.32. The standard InChI is InChI=1S/C27H38N2O6/c1-19(2)15-22(30)20-9-7-12-28(18-20)24(31)16-27(21-10-5-6-11-23(21)35-4)17-25(32)29(26(27)33)13-8-14-34-3/h5-6,10-11,19-20H,7-9,12-18H2,1-4H3/t20-,27-/m0/s1. The molecule has 0 radical (unpaired) electrons. The molecule has 0 N–H and O–H groups in total. The van der Waals surface area contributed by atoms with Gasteiger partial charge < -0.3 is 14.4 Å². The van der Waals surface area contributed by atoms with E-state index in [-0.39, 0.29) is 54.7 Å². The fourth-order valence-electron chi connectivity index (χ4n) is 5.28. The molecule has 0 saturated carbocycles. The minimum atomic E-state index is -1.33. The molecule has 2 aliphatic rings. The highest BCUT2D eigenvalue weighted by Gasteiger charge is 2.55. The van der Waals surface area contributed by atoms with Crippen LogP contribution >= 0.6 is 0 Å². The van der Waals surface area contributed by atoms with Gasteiger partial charge in [-0.15, -0.1) is 0 Å². The third-order valence-electron chi connectivity index (χ3n) is 7.05. The van der Waals surface area contributed by atoms with Crippen LogP contribution in [0.4, 0.5) is 0 Å². The highest BCUT2D eigenvalue weighted by atomic mass is 16.5. The van der Waals surface area contributed by atoms with Gasteiger partial charge in [0.1, 0.15) is 11.5 Å². The molecule has 3 rings (SSSR count). The first kappa shape index (κ1) is 26.9. The number of benzene rings is 1. The average molecular weight is 487 g/mol. The van der Waals surface area contributed by atoms with E-state index < -0.39 is 5.41 Å². The minimum Gasteiger partial charge on any atom is -0.496 e. The van der Waals surface area contributed by atoms with Crippen molar-refractivity contribution in [3.8, 4) is 5.75 Å². The lowest BCUT2D eigenvalue weighted by atomic mass is 9.75. The van der Waals surface area contributed by atoms with Crippen molar-refractivity contribution >= 4 is 23.5 Å². The highest BCUT2D eigenvalue weighted by Crippen LogP contribution is 2.44. The zero-order chi connectivity index (χ0) is 25.6. The normalized spacial score (nSPS) is 22.7. The van der Waals surface area contributed by atoms with Crippen molar-refractivity contribution in [1.82, 2.24) is 9.80 Å². The van der Waals surface area contributed by atoms with Crippen LogP contribution in [-0.2, 0) is 29.3 Å². The maximum Gasteiger partial charge on any atom is 0.241 e. The van der Waals surface area contributed by atoms with Crippen molar-refractivity contribution in [2.45, 2.75) is 57.8 Å². The summed E-state index contributed by atoms with van der Waals surface area (Å²) in [5.41, 5.74) is -0.782. The Hall–Kier alpha value is -2.74. The first-order chi connectivity index (χ1) is 16.7. The second kappa shape index (κ2) is 11.8. The lowest BCUT2D eigenvalue weighted by molar-refractivity contribution is -0.144. The largest absolute Gasteiger partial charge is 0.496 e. The topological polar surface area (TPSA) is 93.2 Å². The number of carbonyl (C=O) groups is 4. The smallest absolute Gasteiger partial charge is 0.241 e. The van der Waals surface area contributed by atoms with Crippen molar-refractivity contribution < 1.29 is 28.7 Å². The van der Waals surface area contributed by atoms with E-state index in [2.05, 4.69) is 0 Å². The maximum absolute atomic E-state index is 13.8. The molecule has 2 saturated heterocycles. The van der Waals surface area contributed by atoms with E-state index in [9.17, 15) is 19.2 Å². The average Bonchev–Trinajstić information content (AvgIpc) is 3.08. The second-order valence-electron chi connectivity index (χ2n) is 10.1. The van der Waals surface area contributed by atoms with Gasteiger partial charge in [0.15, 0.2) is 0 Å². The molecule has 1 aromatic rings. The number of amides is 3. The molecule has 0 spiro atoms. The van der Waals surface area contributed by atoms with Crippen LogP contribution in [0.3, 0.4) is 0 Å². The fraction of sp³-hybridized carbons (Fsp3) is 0.630. The number of Topliss-reactive ketones (excluding diaryl/α,β-unsaturated/α-hetero) is 1. The number of carbonyl (C=O) groups excluding carboxylic acids is 4. The number of imide groups is 1. The first-order valence-electron chi connectivity index (χ1n) is 12.5. The Balaban J connectivity index is 1.88. The Labute approximate surface area is 207 Å². The molecule has 2 aliphatic heterocycles. The Kier molecular flexibility index (Phi) is 9.05. The number of methoxy groups -OCH3 is 2. The SMILES string of the molecule is COCCCN1C(=O)C[C@@](CC(=O)N2CCC[C@H](C(=O)CC(C)C)C2)(c2ccccc2OC)C1=O. The molecular weight excluding hydrogens is 448 g/mol. The van der Waals surface area contributed by atoms with E-state index in [1.807, 2.05) is 13.8 Å². The van der Waals surface area contributed by atoms with Gasteiger partial charge in [0.2, 0.25) is 17.7 Å². The number of piperidine rings is 1. The lowest BCUT2D eigenvalue weighted by Crippen LogP contribution is -2.47. The van der Waals surface area contributed by atoms with E-state index in [0.29, 0.717) is 43.9 Å². The number of ether oxygens (including phenoxy) is 2. The van der Waals surface area contributed by atoms with Crippen LogP contribution in [0.15, 0.2) is 24.3 Å². The number of rotatable bonds is 11. The molecular formula is C27H38N2O6. The van der Waals surface area contributed by atoms with Gasteiger partial charge in [0.05, 0.1) is 12.5 Å². The zero-order valence-corrected chi connectivity index (χ0v) is 21.4. The first-order valence-corrected chi connectivity index (χ1v) is 12.5. The van der Waals surface area contributed by atoms with Gasteiger partial charge in [-0.3, -0.25) is 24.1 Å². The van der Waals surface area contributed by atoms with Gasteiger partial charge in [-0.2, -0.15) is 0 Å². The highest BCUT2D eigenvalue weighted by molar-refractivity contribution is 6.11. The summed E-state index contributed by atoms with van der Waals surface area (Å²) in [6, 6.07) is 7.09. The molecule has 0 unspecified atom stereocenters. The fourth-order valence-corrected chi connectivity index (χ4v) is 5.28. The van der Waals surface area contributed by atoms with Gasteiger partial charge in [-0.1, -0.05) is 32.0 Å². The molecule has 8 nitrogen and oxygen atoms in total. The molecule has 2 fully saturated rings. The monoisotopic (exact) mass is 486 g/mol. The van der Waals surface area contributed by atoms with Crippen LogP contribution in [0.5, 0.6) is 5.75 Å². The molecule has 8 heteroatoms. The van der Waals surface area contributed by atoms with E-state index in [0.717, 1.165) is 12.8 Å². The molecule has 1 aromatic carbocycles. The third kappa shape index (κ3) is 5.92. The van der Waals surface area contributed by atoms with Gasteiger partial charge in [0, 0.05) is 64.1 Å². The summed E-state index contributed by atoms with van der Waals surface area (Å²) in [7, 11) is 3.09. The molecule has 192 valence electrons. The van der Waals surface area contributed by atoms with Crippen molar-refractivity contribution in [1.29, 1.82) is 0 Å². The van der Waals surface area contributed by atoms with Crippen molar-refractivity contribution in [3.05, 3.63) is 29.8 Å². The van der Waals surface area contributed by atoms with Gasteiger partial charge in [0.25, 0.3) is 0 Å². The Bertz CT molecular complexity index is 945. The molecule has 35 heavy (non-hydrogen) atoms. The van der Waals surface area contributed by atoms with Crippen LogP contribution in [0.1, 0.15) is 57.9 Å². The van der Waals surface area contributed by atoms with E-state index in [1.54, 1.807) is 36.3 Å². The van der Waals surface area contributed by atoms with Crippen molar-refractivity contribution in [2.24, 2.45) is 11.8 Å². The summed E-state index contributed by atoms with van der Waals surface area (Å²) in [6.45, 7) is 5.62. The lowest BCUT2D eigenvalue weighted by Gasteiger charge is -2.35. The quantitative estimate of drug-likeness (QED) is 0.353. The summed E-state index contributed by atoms with van der Waals surface area (Å²) >= 11 is 0. The number of nitrogens with zero attached hydrogens (tertiary/aromatic N) is 2. The number of para-hydroxylation sites is 1. The summed E-state index contributed by atoms with van der Waals surface area (Å²) in [5.74, 6) is -0.123. The maximum atomic E-state index is 13.8. The van der Waals surface area contributed by atoms with Gasteiger partial charge in [-0.05, 0) is 31.2 Å². The molecule has 3 amide bonds.